The van der Waals surface area contributed by atoms with Crippen molar-refractivity contribution < 1.29 is 19.1 Å². The number of pyridine rings is 1. The van der Waals surface area contributed by atoms with Crippen LogP contribution in [-0.4, -0.2) is 43.3 Å². The molecule has 1 aromatic heterocycles. The van der Waals surface area contributed by atoms with Crippen LogP contribution in [0, 0.1) is 5.92 Å². The molecule has 2 rings (SSSR count). The Morgan fingerprint density at radius 3 is 2.43 bits per heavy atom. The van der Waals surface area contributed by atoms with Gasteiger partial charge in [-0.1, -0.05) is 26.7 Å². The number of hydrogen-bond acceptors (Lipinski definition) is 5. The molecule has 7 nitrogen and oxygen atoms in total. The predicted octanol–water partition coefficient (Wildman–Crippen LogP) is 2.08. The number of rotatable bonds is 7. The number of methoxy groups -OCH3 is 2. The summed E-state index contributed by atoms with van der Waals surface area (Å²) in [5.74, 6) is -1.21. The molecule has 1 amide bonds. The molecule has 0 saturated carbocycles. The number of carbonyl (C=O) groups is 2. The van der Waals surface area contributed by atoms with Gasteiger partial charge < -0.3 is 19.4 Å². The number of aryl methyl sites for hydroxylation is 1. The monoisotopic (exact) mass is 392 g/mol. The van der Waals surface area contributed by atoms with Crippen LogP contribution in [0.25, 0.3) is 0 Å². The molecule has 1 N–H and O–H groups in total. The van der Waals surface area contributed by atoms with Crippen LogP contribution in [0.3, 0.4) is 0 Å². The molecule has 1 heterocycles. The van der Waals surface area contributed by atoms with E-state index in [-0.39, 0.29) is 17.0 Å². The van der Waals surface area contributed by atoms with Gasteiger partial charge in [-0.2, -0.15) is 0 Å². The lowest BCUT2D eigenvalue weighted by atomic mass is 9.95. The summed E-state index contributed by atoms with van der Waals surface area (Å²) in [6.45, 7) is 4.44. The van der Waals surface area contributed by atoms with Crippen molar-refractivity contribution in [3.63, 3.8) is 0 Å². The summed E-state index contributed by atoms with van der Waals surface area (Å²) in [5, 5.41) is 2.68. The van der Waals surface area contributed by atoms with Crippen molar-refractivity contribution in [1.82, 2.24) is 9.88 Å². The summed E-state index contributed by atoms with van der Waals surface area (Å²) in [5.41, 5.74) is 1.79. The fraction of sp³-hybridized carbons (Fsp3) is 0.667. The average molecular weight is 392 g/mol. The number of fused-ring (bicyclic) bond motifs is 1. The lowest BCUT2D eigenvalue weighted by molar-refractivity contribution is -0.144. The highest BCUT2D eigenvalue weighted by Gasteiger charge is 2.27. The zero-order valence-electron chi connectivity index (χ0n) is 17.4. The van der Waals surface area contributed by atoms with Gasteiger partial charge in [0.25, 0.3) is 11.5 Å². The largest absolute Gasteiger partial charge is 0.467 e. The minimum atomic E-state index is -0.800. The van der Waals surface area contributed by atoms with E-state index in [1.54, 1.807) is 17.7 Å². The average Bonchev–Trinajstić information content (AvgIpc) is 2.65. The first-order chi connectivity index (χ1) is 13.4. The lowest BCUT2D eigenvalue weighted by Gasteiger charge is -2.23. The van der Waals surface area contributed by atoms with E-state index in [2.05, 4.69) is 5.32 Å². The number of nitrogens with zero attached hydrogens (tertiary/aromatic N) is 1. The zero-order valence-corrected chi connectivity index (χ0v) is 17.4. The van der Waals surface area contributed by atoms with E-state index in [1.807, 2.05) is 13.8 Å². The zero-order chi connectivity index (χ0) is 20.7. The van der Waals surface area contributed by atoms with Crippen molar-refractivity contribution in [2.45, 2.75) is 65.0 Å². The summed E-state index contributed by atoms with van der Waals surface area (Å²) in [6.07, 6.45) is 6.03. The van der Waals surface area contributed by atoms with Crippen LogP contribution in [0.2, 0.25) is 0 Å². The van der Waals surface area contributed by atoms with E-state index in [0.717, 1.165) is 49.8 Å². The molecule has 28 heavy (non-hydrogen) atoms. The van der Waals surface area contributed by atoms with Gasteiger partial charge in [0, 0.05) is 19.3 Å². The number of nitrogens with one attached hydrogen (secondary N) is 1. The Balaban J connectivity index is 2.45. The highest BCUT2D eigenvalue weighted by molar-refractivity contribution is 5.96. The van der Waals surface area contributed by atoms with Gasteiger partial charge in [0.05, 0.1) is 13.7 Å². The van der Waals surface area contributed by atoms with Crippen molar-refractivity contribution in [2.24, 2.45) is 5.92 Å². The van der Waals surface area contributed by atoms with Crippen molar-refractivity contribution in [1.29, 1.82) is 0 Å². The molecule has 1 aliphatic carbocycles. The Bertz CT molecular complexity index is 754. The van der Waals surface area contributed by atoms with Crippen LogP contribution in [0.15, 0.2) is 10.9 Å². The van der Waals surface area contributed by atoms with E-state index >= 15 is 0 Å². The third-order valence-electron chi connectivity index (χ3n) is 5.27. The first kappa shape index (κ1) is 22.1. The number of carbonyl (C=O) groups excluding carboxylic acids is 2. The van der Waals surface area contributed by atoms with Gasteiger partial charge in [-0.3, -0.25) is 9.59 Å². The molecule has 0 aromatic carbocycles. The topological polar surface area (TPSA) is 86.6 Å². The molecule has 156 valence electrons. The number of hydrogen-bond donors (Lipinski definition) is 1. The second-order valence-electron chi connectivity index (χ2n) is 7.61. The van der Waals surface area contributed by atoms with Gasteiger partial charge in [0.2, 0.25) is 0 Å². The Morgan fingerprint density at radius 1 is 1.14 bits per heavy atom. The fourth-order valence-electron chi connectivity index (χ4n) is 3.66. The second kappa shape index (κ2) is 10.4. The third kappa shape index (κ3) is 5.22. The van der Waals surface area contributed by atoms with Crippen molar-refractivity contribution in [3.8, 4) is 0 Å². The molecule has 0 spiro atoms. The van der Waals surface area contributed by atoms with Crippen LogP contribution < -0.4 is 10.9 Å². The van der Waals surface area contributed by atoms with Gasteiger partial charge in [0.1, 0.15) is 11.6 Å². The lowest BCUT2D eigenvalue weighted by Crippen LogP contribution is -2.47. The first-order valence-electron chi connectivity index (χ1n) is 10.0. The van der Waals surface area contributed by atoms with Crippen LogP contribution in [-0.2, 0) is 33.7 Å². The maximum absolute atomic E-state index is 13.1. The minimum absolute atomic E-state index is 0.0741. The third-order valence-corrected chi connectivity index (χ3v) is 5.27. The van der Waals surface area contributed by atoms with Crippen LogP contribution in [0.4, 0.5) is 0 Å². The maximum Gasteiger partial charge on any atom is 0.328 e. The van der Waals surface area contributed by atoms with Gasteiger partial charge in [-0.25, -0.2) is 4.79 Å². The van der Waals surface area contributed by atoms with Crippen LogP contribution in [0.5, 0.6) is 0 Å². The normalized spacial score (nSPS) is 15.3. The highest BCUT2D eigenvalue weighted by atomic mass is 16.5. The van der Waals surface area contributed by atoms with Crippen LogP contribution in [0.1, 0.15) is 61.1 Å². The maximum atomic E-state index is 13.1. The Hall–Kier alpha value is -2.15. The van der Waals surface area contributed by atoms with Gasteiger partial charge in [-0.05, 0) is 43.2 Å². The molecule has 7 heteroatoms. The van der Waals surface area contributed by atoms with Gasteiger partial charge >= 0.3 is 5.97 Å². The van der Waals surface area contributed by atoms with E-state index in [9.17, 15) is 14.4 Å². The fourth-order valence-corrected chi connectivity index (χ4v) is 3.66. The Morgan fingerprint density at radius 2 is 1.82 bits per heavy atom. The predicted molar refractivity (Wildman–Crippen MR) is 107 cm³/mol. The highest BCUT2D eigenvalue weighted by Crippen LogP contribution is 2.20. The van der Waals surface area contributed by atoms with Crippen molar-refractivity contribution >= 4 is 11.9 Å². The minimum Gasteiger partial charge on any atom is -0.467 e. The molecule has 1 aromatic rings. The Kier molecular flexibility index (Phi) is 8.23. The Labute approximate surface area is 166 Å². The molecule has 0 aliphatic heterocycles. The van der Waals surface area contributed by atoms with E-state index in [0.29, 0.717) is 13.2 Å². The van der Waals surface area contributed by atoms with Crippen molar-refractivity contribution in [3.05, 3.63) is 33.2 Å². The summed E-state index contributed by atoms with van der Waals surface area (Å²) in [6, 6.07) is 0.919. The van der Waals surface area contributed by atoms with E-state index < -0.39 is 17.9 Å². The molecular weight excluding hydrogens is 360 g/mol. The first-order valence-corrected chi connectivity index (χ1v) is 10.0. The quantitative estimate of drug-likeness (QED) is 0.718. The second-order valence-corrected chi connectivity index (χ2v) is 7.61. The molecule has 1 aliphatic rings. The van der Waals surface area contributed by atoms with Gasteiger partial charge in [-0.15, -0.1) is 0 Å². The SMILES string of the molecule is COCCn1c2c(cc(C(=O)NC(C(=O)OC)C(C)C)c1=O)CCCCCC2. The molecule has 0 saturated heterocycles. The van der Waals surface area contributed by atoms with E-state index in [4.69, 9.17) is 9.47 Å². The molecule has 0 radical (unpaired) electrons. The number of ether oxygens (including phenoxy) is 2. The summed E-state index contributed by atoms with van der Waals surface area (Å²) >= 11 is 0. The number of esters is 1. The van der Waals surface area contributed by atoms with Crippen LogP contribution >= 0.6 is 0 Å². The molecule has 0 bridgehead atoms. The summed E-state index contributed by atoms with van der Waals surface area (Å²) in [4.78, 5) is 38.0. The summed E-state index contributed by atoms with van der Waals surface area (Å²) < 4.78 is 11.6. The number of aromatic nitrogens is 1. The van der Waals surface area contributed by atoms with Crippen molar-refractivity contribution in [2.75, 3.05) is 20.8 Å². The molecule has 1 atom stereocenters. The van der Waals surface area contributed by atoms with E-state index in [1.165, 1.54) is 7.11 Å². The molecule has 1 unspecified atom stereocenters. The standard InChI is InChI=1S/C21H32N2O5/c1-14(2)18(21(26)28-4)22-19(24)16-13-15-9-7-5-6-8-10-17(15)23(20(16)25)11-12-27-3/h13-14,18H,5-12H2,1-4H3,(H,22,24). The number of amides is 1. The molecular formula is C21H32N2O5. The molecule has 0 fully saturated rings. The summed E-state index contributed by atoms with van der Waals surface area (Å²) in [7, 11) is 2.88. The smallest absolute Gasteiger partial charge is 0.328 e. The van der Waals surface area contributed by atoms with Gasteiger partial charge in [0.15, 0.2) is 0 Å².